The number of imidazole rings is 1. The Hall–Kier alpha value is -2.29. The van der Waals surface area contributed by atoms with Crippen LogP contribution in [-0.2, 0) is 0 Å². The Balaban J connectivity index is 2.09. The van der Waals surface area contributed by atoms with Gasteiger partial charge in [-0.3, -0.25) is 4.40 Å². The van der Waals surface area contributed by atoms with Crippen molar-refractivity contribution in [3.63, 3.8) is 0 Å². The lowest BCUT2D eigenvalue weighted by Gasteiger charge is -2.34. The van der Waals surface area contributed by atoms with Crippen LogP contribution >= 0.6 is 0 Å². The van der Waals surface area contributed by atoms with E-state index in [1.165, 1.54) is 11.1 Å². The summed E-state index contributed by atoms with van der Waals surface area (Å²) in [6.07, 6.45) is 3.20. The summed E-state index contributed by atoms with van der Waals surface area (Å²) in [5.74, 6) is 1.33. The van der Waals surface area contributed by atoms with E-state index in [9.17, 15) is 0 Å². The Morgan fingerprint density at radius 1 is 1.04 bits per heavy atom. The molecule has 1 aromatic carbocycles. The number of aromatic nitrogens is 2. The van der Waals surface area contributed by atoms with Crippen LogP contribution in [-0.4, -0.2) is 14.9 Å². The van der Waals surface area contributed by atoms with Gasteiger partial charge in [0.15, 0.2) is 0 Å². The molecule has 0 aliphatic carbocycles. The molecule has 3 rings (SSSR count). The van der Waals surface area contributed by atoms with Crippen LogP contribution in [0.1, 0.15) is 70.7 Å². The van der Waals surface area contributed by atoms with Gasteiger partial charge in [-0.05, 0) is 55.9 Å². The number of nitrogens with one attached hydrogen (secondary N) is 1. The molecule has 2 aromatic heterocycles. The van der Waals surface area contributed by atoms with E-state index in [1.54, 1.807) is 0 Å². The number of nitrogens with zero attached hydrogens (tertiary/aromatic N) is 2. The summed E-state index contributed by atoms with van der Waals surface area (Å²) in [4.78, 5) is 5.03. The minimum atomic E-state index is -0.0374. The van der Waals surface area contributed by atoms with Crippen LogP contribution in [0.2, 0.25) is 0 Å². The number of aryl methyl sites for hydroxylation is 1. The van der Waals surface area contributed by atoms with Crippen molar-refractivity contribution in [2.45, 2.75) is 66.3 Å². The van der Waals surface area contributed by atoms with Gasteiger partial charge in [-0.25, -0.2) is 4.98 Å². The number of pyridine rings is 1. The number of rotatable bonds is 5. The van der Waals surface area contributed by atoms with E-state index < -0.39 is 0 Å². The number of fused-ring (bicyclic) bond motifs is 1. The van der Waals surface area contributed by atoms with Crippen molar-refractivity contribution in [2.75, 3.05) is 5.32 Å². The topological polar surface area (TPSA) is 29.3 Å². The number of benzene rings is 1. The molecule has 0 saturated carbocycles. The molecule has 0 spiro atoms. The van der Waals surface area contributed by atoms with E-state index in [-0.39, 0.29) is 16.9 Å². The maximum atomic E-state index is 5.03. The van der Waals surface area contributed by atoms with E-state index in [1.807, 2.05) is 0 Å². The maximum Gasteiger partial charge on any atom is 0.138 e. The van der Waals surface area contributed by atoms with Gasteiger partial charge in [0.25, 0.3) is 0 Å². The van der Waals surface area contributed by atoms with Crippen molar-refractivity contribution >= 4 is 11.5 Å². The second-order valence-electron chi connectivity index (χ2n) is 9.66. The lowest BCUT2D eigenvalue weighted by Crippen LogP contribution is -2.36. The maximum absolute atomic E-state index is 5.03. The number of hydrogen-bond donors (Lipinski definition) is 1. The predicted octanol–water partition coefficient (Wildman–Crippen LogP) is 6.42. The van der Waals surface area contributed by atoms with Crippen molar-refractivity contribution in [3.8, 4) is 0 Å². The van der Waals surface area contributed by atoms with Gasteiger partial charge in [-0.2, -0.15) is 0 Å². The van der Waals surface area contributed by atoms with Gasteiger partial charge >= 0.3 is 0 Å². The standard InChI is InChI=1S/C24H33N3/c1-17-13-14-27-20(15-17)25-21(18(2)19-11-9-8-10-12-19)22(27)26-24(6,7)16-23(3,4)5/h8-15,18,26H,16H2,1-7H3. The zero-order chi connectivity index (χ0) is 19.8. The molecule has 0 fully saturated rings. The summed E-state index contributed by atoms with van der Waals surface area (Å²) in [5.41, 5.74) is 4.83. The molecule has 1 atom stereocenters. The van der Waals surface area contributed by atoms with Gasteiger partial charge in [0, 0.05) is 17.7 Å². The Morgan fingerprint density at radius 2 is 1.70 bits per heavy atom. The fourth-order valence-corrected chi connectivity index (χ4v) is 4.18. The third kappa shape index (κ3) is 4.52. The molecule has 0 bridgehead atoms. The molecule has 1 N–H and O–H groups in total. The highest BCUT2D eigenvalue weighted by atomic mass is 15.2. The predicted molar refractivity (Wildman–Crippen MR) is 116 cm³/mol. The molecule has 3 heteroatoms. The Bertz CT molecular complexity index is 914. The molecule has 1 unspecified atom stereocenters. The first-order valence-corrected chi connectivity index (χ1v) is 9.87. The summed E-state index contributed by atoms with van der Waals surface area (Å²) in [5, 5.41) is 3.84. The fraction of sp³-hybridized carbons (Fsp3) is 0.458. The quantitative estimate of drug-likeness (QED) is 0.566. The second kappa shape index (κ2) is 7.03. The summed E-state index contributed by atoms with van der Waals surface area (Å²) < 4.78 is 2.20. The fourth-order valence-electron chi connectivity index (χ4n) is 4.18. The van der Waals surface area contributed by atoms with E-state index in [4.69, 9.17) is 4.98 Å². The number of hydrogen-bond acceptors (Lipinski definition) is 2. The van der Waals surface area contributed by atoms with Gasteiger partial charge < -0.3 is 5.32 Å². The van der Waals surface area contributed by atoms with Crippen molar-refractivity contribution < 1.29 is 0 Å². The van der Waals surface area contributed by atoms with Gasteiger partial charge in [-0.15, -0.1) is 0 Å². The van der Waals surface area contributed by atoms with E-state index in [2.05, 4.69) is 107 Å². The van der Waals surface area contributed by atoms with Crippen molar-refractivity contribution in [1.29, 1.82) is 0 Å². The first-order chi connectivity index (χ1) is 12.6. The second-order valence-corrected chi connectivity index (χ2v) is 9.66. The van der Waals surface area contributed by atoms with E-state index in [0.29, 0.717) is 0 Å². The summed E-state index contributed by atoms with van der Waals surface area (Å²) in [6, 6.07) is 14.9. The summed E-state index contributed by atoms with van der Waals surface area (Å²) in [7, 11) is 0. The molecule has 0 aliphatic rings. The van der Waals surface area contributed by atoms with Crippen LogP contribution in [0.3, 0.4) is 0 Å². The third-order valence-corrected chi connectivity index (χ3v) is 4.95. The SMILES string of the molecule is Cc1ccn2c(NC(C)(C)CC(C)(C)C)c(C(C)c3ccccc3)nc2c1. The Morgan fingerprint density at radius 3 is 2.33 bits per heavy atom. The van der Waals surface area contributed by atoms with Crippen LogP contribution < -0.4 is 5.32 Å². The highest BCUT2D eigenvalue weighted by Crippen LogP contribution is 2.35. The summed E-state index contributed by atoms with van der Waals surface area (Å²) >= 11 is 0. The zero-order valence-corrected chi connectivity index (χ0v) is 17.8. The molecular weight excluding hydrogens is 330 g/mol. The van der Waals surface area contributed by atoms with Gasteiger partial charge in [0.1, 0.15) is 11.5 Å². The van der Waals surface area contributed by atoms with Crippen molar-refractivity contribution in [1.82, 2.24) is 9.38 Å². The molecule has 3 aromatic rings. The molecule has 27 heavy (non-hydrogen) atoms. The van der Waals surface area contributed by atoms with Crippen LogP contribution in [0.15, 0.2) is 48.7 Å². The molecule has 0 radical (unpaired) electrons. The molecule has 144 valence electrons. The largest absolute Gasteiger partial charge is 0.365 e. The Kier molecular flexibility index (Phi) is 5.07. The van der Waals surface area contributed by atoms with Crippen LogP contribution in [0.5, 0.6) is 0 Å². The summed E-state index contributed by atoms with van der Waals surface area (Å²) in [6.45, 7) is 15.8. The monoisotopic (exact) mass is 363 g/mol. The molecule has 0 aliphatic heterocycles. The van der Waals surface area contributed by atoms with Crippen molar-refractivity contribution in [2.24, 2.45) is 5.41 Å². The van der Waals surface area contributed by atoms with Gasteiger partial charge in [0.2, 0.25) is 0 Å². The zero-order valence-electron chi connectivity index (χ0n) is 17.8. The lowest BCUT2D eigenvalue weighted by molar-refractivity contribution is 0.301. The highest BCUT2D eigenvalue weighted by molar-refractivity contribution is 5.59. The van der Waals surface area contributed by atoms with Crippen LogP contribution in [0.4, 0.5) is 5.82 Å². The average molecular weight is 364 g/mol. The lowest BCUT2D eigenvalue weighted by atomic mass is 9.81. The smallest absolute Gasteiger partial charge is 0.138 e. The first-order valence-electron chi connectivity index (χ1n) is 9.87. The number of anilines is 1. The minimum Gasteiger partial charge on any atom is -0.365 e. The van der Waals surface area contributed by atoms with Gasteiger partial charge in [-0.1, -0.05) is 58.0 Å². The Labute approximate surface area is 163 Å². The molecule has 0 saturated heterocycles. The van der Waals surface area contributed by atoms with Gasteiger partial charge in [0.05, 0.1) is 5.69 Å². The minimum absolute atomic E-state index is 0.0374. The normalized spacial score (nSPS) is 13.7. The molecule has 0 amide bonds. The van der Waals surface area contributed by atoms with Crippen LogP contribution in [0.25, 0.3) is 5.65 Å². The third-order valence-electron chi connectivity index (χ3n) is 4.95. The molecule has 2 heterocycles. The average Bonchev–Trinajstić information content (AvgIpc) is 2.89. The first kappa shape index (κ1) is 19.5. The molecular formula is C24H33N3. The van der Waals surface area contributed by atoms with Crippen LogP contribution in [0, 0.1) is 12.3 Å². The molecule has 3 nitrogen and oxygen atoms in total. The van der Waals surface area contributed by atoms with E-state index >= 15 is 0 Å². The van der Waals surface area contributed by atoms with Crippen molar-refractivity contribution in [3.05, 3.63) is 65.5 Å². The highest BCUT2D eigenvalue weighted by Gasteiger charge is 2.29. The van der Waals surface area contributed by atoms with E-state index in [0.717, 1.165) is 23.6 Å².